The van der Waals surface area contributed by atoms with Crippen LogP contribution in [0.2, 0.25) is 0 Å². The van der Waals surface area contributed by atoms with Crippen molar-refractivity contribution in [2.45, 2.75) is 43.3 Å². The van der Waals surface area contributed by atoms with Gasteiger partial charge in [-0.25, -0.2) is 17.9 Å². The van der Waals surface area contributed by atoms with Gasteiger partial charge >= 0.3 is 5.97 Å². The molecule has 7 nitrogen and oxygen atoms in total. The summed E-state index contributed by atoms with van der Waals surface area (Å²) in [6.45, 7) is 1.95. The van der Waals surface area contributed by atoms with Crippen LogP contribution in [0.25, 0.3) is 0 Å². The number of allylic oxidation sites excluding steroid dienone is 1. The van der Waals surface area contributed by atoms with Crippen LogP contribution in [-0.2, 0) is 14.8 Å². The molecule has 0 heterocycles. The van der Waals surface area contributed by atoms with Gasteiger partial charge in [0.1, 0.15) is 0 Å². The number of rotatable bonds is 9. The lowest BCUT2D eigenvalue weighted by Gasteiger charge is -2.30. The first kappa shape index (κ1) is 21.6. The van der Waals surface area contributed by atoms with Gasteiger partial charge in [-0.05, 0) is 36.8 Å². The van der Waals surface area contributed by atoms with E-state index in [1.165, 1.54) is 12.1 Å². The van der Waals surface area contributed by atoms with Crippen LogP contribution in [0.4, 0.5) is 0 Å². The molecule has 1 aliphatic carbocycles. The molecule has 1 aliphatic rings. The Morgan fingerprint density at radius 2 is 1.93 bits per heavy atom. The molecule has 1 saturated carbocycles. The highest BCUT2D eigenvalue weighted by atomic mass is 32.2. The summed E-state index contributed by atoms with van der Waals surface area (Å²) in [4.78, 5) is 10.8. The lowest BCUT2D eigenvalue weighted by Crippen LogP contribution is -2.38. The molecule has 1 aromatic rings. The summed E-state index contributed by atoms with van der Waals surface area (Å²) in [5, 5.41) is 29.5. The third kappa shape index (κ3) is 5.62. The first-order valence-corrected chi connectivity index (χ1v) is 10.5. The van der Waals surface area contributed by atoms with E-state index < -0.39 is 34.1 Å². The Hall–Kier alpha value is -1.74. The molecule has 8 heteroatoms. The van der Waals surface area contributed by atoms with Gasteiger partial charge in [0, 0.05) is 18.5 Å². The predicted molar refractivity (Wildman–Crippen MR) is 100 cm³/mol. The second-order valence-corrected chi connectivity index (χ2v) is 8.69. The maximum Gasteiger partial charge on any atom is 0.327 e. The number of carbonyl (C=O) groups is 1. The number of carboxylic acids is 1. The Morgan fingerprint density at radius 1 is 1.26 bits per heavy atom. The lowest BCUT2D eigenvalue weighted by molar-refractivity contribution is -0.131. The molecule has 27 heavy (non-hydrogen) atoms. The first-order valence-electron chi connectivity index (χ1n) is 9.06. The molecule has 2 rings (SSSR count). The molecule has 1 aromatic carbocycles. The lowest BCUT2D eigenvalue weighted by atomic mass is 9.79. The molecule has 0 bridgehead atoms. The number of sulfonamides is 1. The van der Waals surface area contributed by atoms with E-state index in [9.17, 15) is 23.4 Å². The summed E-state index contributed by atoms with van der Waals surface area (Å²) < 4.78 is 27.4. The van der Waals surface area contributed by atoms with Gasteiger partial charge < -0.3 is 15.3 Å². The number of carboxylic acid groups (broad SMARTS) is 1. The fourth-order valence-electron chi connectivity index (χ4n) is 3.89. The van der Waals surface area contributed by atoms with E-state index >= 15 is 0 Å². The second-order valence-electron chi connectivity index (χ2n) is 6.92. The minimum absolute atomic E-state index is 0.0132. The first-order chi connectivity index (χ1) is 12.8. The van der Waals surface area contributed by atoms with Gasteiger partial charge in [-0.2, -0.15) is 0 Å². The van der Waals surface area contributed by atoms with Crippen LogP contribution in [0, 0.1) is 17.8 Å². The molecule has 0 radical (unpaired) electrons. The van der Waals surface area contributed by atoms with Crippen molar-refractivity contribution in [2.75, 3.05) is 6.54 Å². The van der Waals surface area contributed by atoms with Gasteiger partial charge in [-0.1, -0.05) is 37.6 Å². The fourth-order valence-corrected chi connectivity index (χ4v) is 4.98. The molecule has 0 spiro atoms. The summed E-state index contributed by atoms with van der Waals surface area (Å²) in [7, 11) is -3.71. The summed E-state index contributed by atoms with van der Waals surface area (Å²) >= 11 is 0. The van der Waals surface area contributed by atoms with Crippen LogP contribution in [-0.4, -0.2) is 48.5 Å². The van der Waals surface area contributed by atoms with Crippen molar-refractivity contribution in [1.82, 2.24) is 4.72 Å². The summed E-state index contributed by atoms with van der Waals surface area (Å²) in [6.07, 6.45) is 2.34. The molecule has 0 aliphatic heterocycles. The van der Waals surface area contributed by atoms with Crippen molar-refractivity contribution < 1.29 is 28.5 Å². The molecule has 3 unspecified atom stereocenters. The molecule has 1 fully saturated rings. The number of aliphatic hydroxyl groups is 2. The van der Waals surface area contributed by atoms with E-state index in [-0.39, 0.29) is 29.7 Å². The van der Waals surface area contributed by atoms with Crippen molar-refractivity contribution in [3.63, 3.8) is 0 Å². The zero-order valence-corrected chi connectivity index (χ0v) is 16.0. The van der Waals surface area contributed by atoms with E-state index in [0.29, 0.717) is 12.8 Å². The number of hydrogen-bond donors (Lipinski definition) is 4. The van der Waals surface area contributed by atoms with Crippen LogP contribution in [0.15, 0.2) is 47.4 Å². The molecule has 4 N–H and O–H groups in total. The molecule has 5 atom stereocenters. The van der Waals surface area contributed by atoms with E-state index in [0.717, 1.165) is 6.08 Å². The Labute approximate surface area is 159 Å². The summed E-state index contributed by atoms with van der Waals surface area (Å²) in [5.74, 6) is -1.86. The monoisotopic (exact) mass is 397 g/mol. The molecule has 0 amide bonds. The van der Waals surface area contributed by atoms with Gasteiger partial charge in [0.2, 0.25) is 10.0 Å². The standard InChI is InChI=1S/C19H27NO6S/c1-2-13(7-6-10-18(23)24)19-15(16(21)11-17(19)22)12-20-27(25,26)14-8-4-3-5-9-14/h3-6,8-10,13,15-17,19-22H,2,7,11-12H2,1H3,(H,23,24)/t13?,15-,16-,17?,19?/m1/s1. The van der Waals surface area contributed by atoms with Crippen molar-refractivity contribution >= 4 is 16.0 Å². The zero-order valence-electron chi connectivity index (χ0n) is 15.2. The van der Waals surface area contributed by atoms with Crippen LogP contribution in [0.3, 0.4) is 0 Å². The van der Waals surface area contributed by atoms with E-state index in [1.807, 2.05) is 6.92 Å². The molecular weight excluding hydrogens is 370 g/mol. The number of aliphatic hydroxyl groups excluding tert-OH is 2. The Bertz CT molecular complexity index is 749. The zero-order chi connectivity index (χ0) is 20.0. The van der Waals surface area contributed by atoms with Gasteiger partial charge in [0.05, 0.1) is 17.1 Å². The van der Waals surface area contributed by atoms with E-state index in [2.05, 4.69) is 4.72 Å². The number of nitrogens with one attached hydrogen (secondary N) is 1. The third-order valence-electron chi connectivity index (χ3n) is 5.25. The van der Waals surface area contributed by atoms with Crippen LogP contribution in [0.5, 0.6) is 0 Å². The molecule has 0 aromatic heterocycles. The largest absolute Gasteiger partial charge is 0.478 e. The smallest absolute Gasteiger partial charge is 0.327 e. The predicted octanol–water partition coefficient (Wildman–Crippen LogP) is 1.38. The highest BCUT2D eigenvalue weighted by molar-refractivity contribution is 7.89. The van der Waals surface area contributed by atoms with Crippen molar-refractivity contribution in [3.8, 4) is 0 Å². The minimum atomic E-state index is -3.71. The summed E-state index contributed by atoms with van der Waals surface area (Å²) in [6, 6.07) is 7.97. The maximum absolute atomic E-state index is 12.4. The average Bonchev–Trinajstić information content (AvgIpc) is 2.91. The Morgan fingerprint density at radius 3 is 2.52 bits per heavy atom. The normalized spacial score (nSPS) is 27.1. The van der Waals surface area contributed by atoms with Crippen LogP contribution < -0.4 is 4.72 Å². The second kappa shape index (κ2) is 9.45. The van der Waals surface area contributed by atoms with Crippen LogP contribution in [0.1, 0.15) is 26.2 Å². The highest BCUT2D eigenvalue weighted by Crippen LogP contribution is 2.40. The van der Waals surface area contributed by atoms with Crippen molar-refractivity contribution in [3.05, 3.63) is 42.5 Å². The van der Waals surface area contributed by atoms with Gasteiger partial charge in [0.25, 0.3) is 0 Å². The van der Waals surface area contributed by atoms with Crippen molar-refractivity contribution in [1.29, 1.82) is 0 Å². The molecule has 0 saturated heterocycles. The number of hydrogen-bond acceptors (Lipinski definition) is 5. The maximum atomic E-state index is 12.4. The number of benzene rings is 1. The Balaban J connectivity index is 2.11. The molecule has 150 valence electrons. The third-order valence-corrected chi connectivity index (χ3v) is 6.69. The fraction of sp³-hybridized carbons (Fsp3) is 0.526. The Kier molecular flexibility index (Phi) is 7.55. The summed E-state index contributed by atoms with van der Waals surface area (Å²) in [5.41, 5.74) is 0. The SMILES string of the molecule is CCC(CC=CC(=O)O)C1C(O)C[C@@H](O)[C@H]1CNS(=O)(=O)c1ccccc1. The highest BCUT2D eigenvalue weighted by Gasteiger charge is 2.45. The van der Waals surface area contributed by atoms with Crippen molar-refractivity contribution in [2.24, 2.45) is 17.8 Å². The van der Waals surface area contributed by atoms with Gasteiger partial charge in [-0.15, -0.1) is 0 Å². The number of aliphatic carboxylic acids is 1. The molecular formula is C19H27NO6S. The van der Waals surface area contributed by atoms with Gasteiger partial charge in [-0.3, -0.25) is 0 Å². The van der Waals surface area contributed by atoms with E-state index in [4.69, 9.17) is 5.11 Å². The van der Waals surface area contributed by atoms with Gasteiger partial charge in [0.15, 0.2) is 0 Å². The quantitative estimate of drug-likeness (QED) is 0.467. The topological polar surface area (TPSA) is 124 Å². The van der Waals surface area contributed by atoms with E-state index in [1.54, 1.807) is 24.3 Å². The van der Waals surface area contributed by atoms with Crippen LogP contribution >= 0.6 is 0 Å². The minimum Gasteiger partial charge on any atom is -0.478 e. The average molecular weight is 397 g/mol.